The van der Waals surface area contributed by atoms with Gasteiger partial charge in [-0.3, -0.25) is 14.9 Å². The van der Waals surface area contributed by atoms with Crippen LogP contribution in [0.4, 0.5) is 10.5 Å². The number of non-ortho nitro benzene ring substituents is 1. The quantitative estimate of drug-likeness (QED) is 0.304. The number of alkyl carbamates (subject to hydrolysis) is 1. The van der Waals surface area contributed by atoms with Gasteiger partial charge in [0.1, 0.15) is 0 Å². The van der Waals surface area contributed by atoms with Crippen molar-refractivity contribution in [2.45, 2.75) is 32.2 Å². The molecule has 1 amide bonds. The van der Waals surface area contributed by atoms with Gasteiger partial charge >= 0.3 is 6.09 Å². The van der Waals surface area contributed by atoms with Crippen LogP contribution in [0.3, 0.4) is 0 Å². The van der Waals surface area contributed by atoms with Gasteiger partial charge in [0.05, 0.1) is 22.9 Å². The van der Waals surface area contributed by atoms with Gasteiger partial charge in [-0.15, -0.1) is 0 Å². The minimum atomic E-state index is -0.745. The number of Topliss-reactive ketones (excluding diaryl/α,β-unsaturated/α-hetero) is 1. The number of nitro groups is 1. The van der Waals surface area contributed by atoms with E-state index >= 15 is 0 Å². The number of carbonyl (C=O) groups excluding carboxylic acids is 2. The Morgan fingerprint density at radius 2 is 2.00 bits per heavy atom. The largest absolute Gasteiger partial charge is 0.450 e. The van der Waals surface area contributed by atoms with Crippen molar-refractivity contribution in [3.8, 4) is 0 Å². The maximum Gasteiger partial charge on any atom is 0.407 e. The average Bonchev–Trinajstić information content (AvgIpc) is 2.54. The average molecular weight is 387 g/mol. The fraction of sp³-hybridized carbons (Fsp3) is 0.467. The first-order valence-electron chi connectivity index (χ1n) is 7.23. The summed E-state index contributed by atoms with van der Waals surface area (Å²) in [5, 5.41) is 13.3. The summed E-state index contributed by atoms with van der Waals surface area (Å²) in [6, 6.07) is 5.12. The lowest BCUT2D eigenvalue weighted by Crippen LogP contribution is -2.43. The number of hydrogen-bond donors (Lipinski definition) is 1. The van der Waals surface area contributed by atoms with Crippen LogP contribution >= 0.6 is 15.9 Å². The van der Waals surface area contributed by atoms with Gasteiger partial charge in [0, 0.05) is 12.1 Å². The maximum absolute atomic E-state index is 11.9. The topological polar surface area (TPSA) is 98.5 Å². The van der Waals surface area contributed by atoms with Crippen LogP contribution in [0.2, 0.25) is 0 Å². The molecule has 8 heteroatoms. The first-order valence-corrected chi connectivity index (χ1v) is 8.35. The zero-order chi connectivity index (χ0) is 17.2. The Hall–Kier alpha value is -1.96. The molecule has 0 saturated carbocycles. The standard InChI is InChI=1S/C15H19BrN2O5/c1-2-3-8-23-15(20)17-13(14(19)10-16)9-11-4-6-12(7-5-11)18(21)22/h4-7,13H,2-3,8-10H2,1H3,(H,17,20). The van der Waals surface area contributed by atoms with Gasteiger partial charge in [0.15, 0.2) is 5.78 Å². The fourth-order valence-corrected chi connectivity index (χ4v) is 2.21. The minimum absolute atomic E-state index is 0.0240. The van der Waals surface area contributed by atoms with Crippen molar-refractivity contribution in [1.82, 2.24) is 5.32 Å². The predicted molar refractivity (Wildman–Crippen MR) is 88.8 cm³/mol. The Morgan fingerprint density at radius 1 is 1.35 bits per heavy atom. The zero-order valence-corrected chi connectivity index (χ0v) is 14.4. The molecule has 1 N–H and O–H groups in total. The van der Waals surface area contributed by atoms with Gasteiger partial charge in [-0.2, -0.15) is 0 Å². The Kier molecular flexibility index (Phi) is 8.25. The number of alkyl halides is 1. The minimum Gasteiger partial charge on any atom is -0.450 e. The van der Waals surface area contributed by atoms with Gasteiger partial charge in [-0.1, -0.05) is 41.4 Å². The molecule has 0 saturated heterocycles. The van der Waals surface area contributed by atoms with Gasteiger partial charge in [-0.05, 0) is 18.4 Å². The number of nitro benzene ring substituents is 1. The Labute approximate surface area is 142 Å². The van der Waals surface area contributed by atoms with Crippen LogP contribution in [-0.2, 0) is 16.0 Å². The molecular formula is C15H19BrN2O5. The highest BCUT2D eigenvalue weighted by Gasteiger charge is 2.21. The molecule has 0 aromatic heterocycles. The summed E-state index contributed by atoms with van der Waals surface area (Å²) in [7, 11) is 0. The van der Waals surface area contributed by atoms with E-state index in [1.807, 2.05) is 6.92 Å². The second kappa shape index (κ2) is 9.94. The summed E-state index contributed by atoms with van der Waals surface area (Å²) in [6.45, 7) is 2.28. The molecule has 0 radical (unpaired) electrons. The van der Waals surface area contributed by atoms with E-state index < -0.39 is 17.1 Å². The Morgan fingerprint density at radius 3 is 2.52 bits per heavy atom. The Bertz CT molecular complexity index is 547. The van der Waals surface area contributed by atoms with E-state index in [0.717, 1.165) is 12.8 Å². The van der Waals surface area contributed by atoms with Crippen molar-refractivity contribution in [3.05, 3.63) is 39.9 Å². The molecule has 1 aromatic carbocycles. The highest BCUT2D eigenvalue weighted by molar-refractivity contribution is 9.09. The van der Waals surface area contributed by atoms with E-state index in [2.05, 4.69) is 21.2 Å². The normalized spacial score (nSPS) is 11.6. The summed E-state index contributed by atoms with van der Waals surface area (Å²) in [6.07, 6.45) is 1.26. The number of ketones is 1. The molecule has 1 unspecified atom stereocenters. The SMILES string of the molecule is CCCCOC(=O)NC(Cc1ccc([N+](=O)[O-])cc1)C(=O)CBr. The summed E-state index contributed by atoms with van der Waals surface area (Å²) in [4.78, 5) is 33.8. The molecule has 0 aliphatic rings. The number of amides is 1. The molecule has 23 heavy (non-hydrogen) atoms. The van der Waals surface area contributed by atoms with Crippen LogP contribution in [0.1, 0.15) is 25.3 Å². The summed E-state index contributed by atoms with van der Waals surface area (Å²) in [5.41, 5.74) is 0.688. The first-order chi connectivity index (χ1) is 11.0. The van der Waals surface area contributed by atoms with Crippen molar-refractivity contribution >= 4 is 33.5 Å². The van der Waals surface area contributed by atoms with E-state index in [-0.39, 0.29) is 23.2 Å². The summed E-state index contributed by atoms with van der Waals surface area (Å²) >= 11 is 3.08. The molecule has 0 aliphatic carbocycles. The number of rotatable bonds is 9. The molecule has 7 nitrogen and oxygen atoms in total. The van der Waals surface area contributed by atoms with Gasteiger partial charge in [0.2, 0.25) is 0 Å². The van der Waals surface area contributed by atoms with Crippen LogP contribution in [-0.4, -0.2) is 34.8 Å². The zero-order valence-electron chi connectivity index (χ0n) is 12.8. The molecule has 126 valence electrons. The van der Waals surface area contributed by atoms with Gasteiger partial charge in [-0.25, -0.2) is 4.79 Å². The number of halogens is 1. The predicted octanol–water partition coefficient (Wildman–Crippen LogP) is 3.00. The highest BCUT2D eigenvalue weighted by atomic mass is 79.9. The van der Waals surface area contributed by atoms with E-state index in [1.54, 1.807) is 12.1 Å². The van der Waals surface area contributed by atoms with Crippen molar-refractivity contribution in [3.63, 3.8) is 0 Å². The van der Waals surface area contributed by atoms with Crippen molar-refractivity contribution in [2.75, 3.05) is 11.9 Å². The van der Waals surface area contributed by atoms with Crippen molar-refractivity contribution in [2.24, 2.45) is 0 Å². The molecule has 1 aromatic rings. The lowest BCUT2D eigenvalue weighted by atomic mass is 10.0. The second-order valence-electron chi connectivity index (χ2n) is 4.91. The van der Waals surface area contributed by atoms with E-state index in [9.17, 15) is 19.7 Å². The molecule has 0 fully saturated rings. The van der Waals surface area contributed by atoms with Gasteiger partial charge in [0.25, 0.3) is 5.69 Å². The lowest BCUT2D eigenvalue weighted by Gasteiger charge is -2.16. The summed E-state index contributed by atoms with van der Waals surface area (Å²) in [5.74, 6) is -0.198. The number of nitrogens with zero attached hydrogens (tertiary/aromatic N) is 1. The third-order valence-corrected chi connectivity index (χ3v) is 3.68. The number of nitrogens with one attached hydrogen (secondary N) is 1. The molecular weight excluding hydrogens is 368 g/mol. The second-order valence-corrected chi connectivity index (χ2v) is 5.47. The molecule has 0 spiro atoms. The molecule has 0 heterocycles. The fourth-order valence-electron chi connectivity index (χ4n) is 1.82. The van der Waals surface area contributed by atoms with Gasteiger partial charge < -0.3 is 10.1 Å². The third-order valence-electron chi connectivity index (χ3n) is 3.13. The smallest absolute Gasteiger partial charge is 0.407 e. The third kappa shape index (κ3) is 6.77. The Balaban J connectivity index is 2.69. The number of benzene rings is 1. The van der Waals surface area contributed by atoms with Crippen LogP contribution in [0.15, 0.2) is 24.3 Å². The lowest BCUT2D eigenvalue weighted by molar-refractivity contribution is -0.384. The number of unbranched alkanes of at least 4 members (excludes halogenated alkanes) is 1. The van der Waals surface area contributed by atoms with Crippen molar-refractivity contribution in [1.29, 1.82) is 0 Å². The van der Waals surface area contributed by atoms with Crippen molar-refractivity contribution < 1.29 is 19.2 Å². The number of ether oxygens (including phenoxy) is 1. The van der Waals surface area contributed by atoms with E-state index in [4.69, 9.17) is 4.74 Å². The van der Waals surface area contributed by atoms with Crippen LogP contribution in [0.25, 0.3) is 0 Å². The van der Waals surface area contributed by atoms with E-state index in [1.165, 1.54) is 12.1 Å². The molecule has 0 bridgehead atoms. The van der Waals surface area contributed by atoms with E-state index in [0.29, 0.717) is 12.2 Å². The molecule has 1 rings (SSSR count). The molecule has 0 aliphatic heterocycles. The number of hydrogen-bond acceptors (Lipinski definition) is 5. The monoisotopic (exact) mass is 386 g/mol. The number of carbonyl (C=O) groups is 2. The first kappa shape index (κ1) is 19.1. The van der Waals surface area contributed by atoms with Crippen LogP contribution in [0, 0.1) is 10.1 Å². The maximum atomic E-state index is 11.9. The van der Waals surface area contributed by atoms with Crippen LogP contribution < -0.4 is 5.32 Å². The van der Waals surface area contributed by atoms with Crippen LogP contribution in [0.5, 0.6) is 0 Å². The summed E-state index contributed by atoms with van der Waals surface area (Å²) < 4.78 is 4.99. The highest BCUT2D eigenvalue weighted by Crippen LogP contribution is 2.14. The molecule has 1 atom stereocenters.